The van der Waals surface area contributed by atoms with Gasteiger partial charge < -0.3 is 0 Å². The molecule has 0 amide bonds. The first-order valence-electron chi connectivity index (χ1n) is 3.63. The van der Waals surface area contributed by atoms with Crippen LogP contribution in [0.5, 0.6) is 0 Å². The summed E-state index contributed by atoms with van der Waals surface area (Å²) in [5.41, 5.74) is 1.41. The maximum atomic E-state index is 5.02. The second-order valence-corrected chi connectivity index (χ2v) is 16.8. The van der Waals surface area contributed by atoms with Gasteiger partial charge in [-0.15, -0.1) is 0 Å². The molecule has 0 saturated heterocycles. The predicted octanol–water partition coefficient (Wildman–Crippen LogP) is 3.67. The van der Waals surface area contributed by atoms with Crippen LogP contribution in [-0.2, 0) is 6.42 Å². The second kappa shape index (κ2) is 8.49. The van der Waals surface area contributed by atoms with Crippen LogP contribution in [-0.4, -0.2) is 16.4 Å². The van der Waals surface area contributed by atoms with E-state index in [1.54, 1.807) is 0 Å². The van der Waals surface area contributed by atoms with Crippen LogP contribution in [0.4, 0.5) is 0 Å². The van der Waals surface area contributed by atoms with E-state index in [0.717, 1.165) is 6.42 Å². The van der Waals surface area contributed by atoms with Crippen molar-refractivity contribution < 1.29 is 0 Å². The summed E-state index contributed by atoms with van der Waals surface area (Å²) < 4.78 is 0. The van der Waals surface area contributed by atoms with Gasteiger partial charge in [-0.2, -0.15) is 0 Å². The third-order valence-electron chi connectivity index (χ3n) is 1.25. The molecule has 1 aromatic carbocycles. The Labute approximate surface area is 91.7 Å². The maximum absolute atomic E-state index is 5.02. The van der Waals surface area contributed by atoms with E-state index >= 15 is 0 Å². The minimum absolute atomic E-state index is 1.14. The Morgan fingerprint density at radius 2 is 1.50 bits per heavy atom. The quantitative estimate of drug-likeness (QED) is 0.689. The van der Waals surface area contributed by atoms with Crippen LogP contribution >= 0.6 is 26.8 Å². The van der Waals surface area contributed by atoms with E-state index in [4.69, 9.17) is 26.8 Å². The molecule has 0 bridgehead atoms. The molecule has 0 heterocycles. The monoisotopic (exact) mass is 332 g/mol. The van der Waals surface area contributed by atoms with Gasteiger partial charge in [0, 0.05) is 0 Å². The van der Waals surface area contributed by atoms with Crippen molar-refractivity contribution in [3.63, 3.8) is 0 Å². The zero-order valence-electron chi connectivity index (χ0n) is 6.81. The van der Waals surface area contributed by atoms with Gasteiger partial charge in [0.25, 0.3) is 0 Å². The summed E-state index contributed by atoms with van der Waals surface area (Å²) in [6.07, 6.45) is 1.14. The van der Waals surface area contributed by atoms with Crippen molar-refractivity contribution in [3.05, 3.63) is 35.9 Å². The van der Waals surface area contributed by atoms with Crippen molar-refractivity contribution in [2.75, 3.05) is 0 Å². The average Bonchev–Trinajstić information content (AvgIpc) is 2.05. The standard InChI is InChI=1S/C8H10.3ClH.Sn.H/c1-2-8-6-4-3-5-7-8;;;;;/h3-7H,2H2,1H3;3*1H;;/q;;;;+3;/p-3. The Balaban J connectivity index is 0.000000261. The van der Waals surface area contributed by atoms with Crippen LogP contribution in [0, 0.1) is 0 Å². The molecule has 1 rings (SSSR count). The number of benzene rings is 1. The third kappa shape index (κ3) is 8.98. The van der Waals surface area contributed by atoms with Gasteiger partial charge in [-0.25, -0.2) is 0 Å². The van der Waals surface area contributed by atoms with E-state index in [9.17, 15) is 0 Å². The number of hydrogen-bond donors (Lipinski definition) is 0. The van der Waals surface area contributed by atoms with Gasteiger partial charge in [0.15, 0.2) is 0 Å². The molecule has 0 aromatic heterocycles. The zero-order chi connectivity index (χ0) is 9.40. The van der Waals surface area contributed by atoms with Gasteiger partial charge in [-0.1, -0.05) is 37.3 Å². The minimum atomic E-state index is -2.22. The molecule has 0 N–H and O–H groups in total. The van der Waals surface area contributed by atoms with Crippen molar-refractivity contribution in [1.29, 1.82) is 0 Å². The van der Waals surface area contributed by atoms with Crippen molar-refractivity contribution >= 4 is 43.1 Å². The number of rotatable bonds is 1. The average molecular weight is 332 g/mol. The van der Waals surface area contributed by atoms with Gasteiger partial charge in [-0.3, -0.25) is 0 Å². The zero-order valence-corrected chi connectivity index (χ0v) is 12.4. The van der Waals surface area contributed by atoms with Crippen LogP contribution in [0.2, 0.25) is 0 Å². The van der Waals surface area contributed by atoms with Gasteiger partial charge in [0.1, 0.15) is 0 Å². The Bertz CT molecular complexity index is 186. The van der Waals surface area contributed by atoms with Crippen molar-refractivity contribution in [3.8, 4) is 0 Å². The van der Waals surface area contributed by atoms with Crippen LogP contribution in [0.1, 0.15) is 12.5 Å². The van der Waals surface area contributed by atoms with Crippen LogP contribution in [0.3, 0.4) is 0 Å². The summed E-state index contributed by atoms with van der Waals surface area (Å²) in [6, 6.07) is 10.5. The van der Waals surface area contributed by atoms with Gasteiger partial charge >= 0.3 is 43.1 Å². The third-order valence-corrected chi connectivity index (χ3v) is 1.25. The predicted molar refractivity (Wildman–Crippen MR) is 60.5 cm³/mol. The van der Waals surface area contributed by atoms with Crippen LogP contribution in [0.15, 0.2) is 30.3 Å². The first-order chi connectivity index (χ1) is 5.66. The molecule has 0 aliphatic rings. The molecule has 0 nitrogen and oxygen atoms in total. The summed E-state index contributed by atoms with van der Waals surface area (Å²) in [4.78, 5) is 0. The molecule has 0 aliphatic carbocycles. The first kappa shape index (κ1) is 12.9. The fourth-order valence-corrected chi connectivity index (χ4v) is 0.714. The molecule has 0 radical (unpaired) electrons. The summed E-state index contributed by atoms with van der Waals surface area (Å²) in [5, 5.41) is 0. The molecule has 1 aromatic rings. The van der Waals surface area contributed by atoms with Crippen molar-refractivity contribution in [2.45, 2.75) is 13.3 Å². The molecular weight excluding hydrogens is 321 g/mol. The van der Waals surface area contributed by atoms with Crippen molar-refractivity contribution in [1.82, 2.24) is 0 Å². The van der Waals surface area contributed by atoms with Gasteiger partial charge in [0.05, 0.1) is 0 Å². The number of halogens is 3. The Morgan fingerprint density at radius 1 is 1.08 bits per heavy atom. The summed E-state index contributed by atoms with van der Waals surface area (Å²) in [5.74, 6) is 0. The van der Waals surface area contributed by atoms with E-state index in [0.29, 0.717) is 0 Å². The molecular formula is C8H11Cl3Sn. The van der Waals surface area contributed by atoms with E-state index in [2.05, 4.69) is 31.2 Å². The fraction of sp³-hybridized carbons (Fsp3) is 0.250. The van der Waals surface area contributed by atoms with Crippen molar-refractivity contribution in [2.24, 2.45) is 0 Å². The van der Waals surface area contributed by atoms with E-state index in [-0.39, 0.29) is 0 Å². The fourth-order valence-electron chi connectivity index (χ4n) is 0.714. The summed E-state index contributed by atoms with van der Waals surface area (Å²) in [7, 11) is 15.0. The SMILES string of the molecule is CCc1ccccc1.[Cl][SnH]([Cl])[Cl]. The molecule has 4 heteroatoms. The molecule has 0 atom stereocenters. The first-order valence-corrected chi connectivity index (χ1v) is 16.1. The second-order valence-electron chi connectivity index (χ2n) is 2.09. The topological polar surface area (TPSA) is 0 Å². The van der Waals surface area contributed by atoms with Gasteiger partial charge in [0.2, 0.25) is 0 Å². The number of hydrogen-bond acceptors (Lipinski definition) is 0. The Morgan fingerprint density at radius 3 is 1.75 bits per heavy atom. The molecule has 68 valence electrons. The summed E-state index contributed by atoms with van der Waals surface area (Å²) in [6.45, 7) is 2.16. The molecule has 0 saturated carbocycles. The summed E-state index contributed by atoms with van der Waals surface area (Å²) >= 11 is -2.22. The van der Waals surface area contributed by atoms with E-state index in [1.807, 2.05) is 6.07 Å². The normalized spacial score (nSPS) is 9.08. The Hall–Kier alpha value is 0.889. The Kier molecular flexibility index (Phi) is 9.11. The van der Waals surface area contributed by atoms with Crippen LogP contribution in [0.25, 0.3) is 0 Å². The molecule has 0 fully saturated rings. The van der Waals surface area contributed by atoms with E-state index in [1.165, 1.54) is 5.56 Å². The van der Waals surface area contributed by atoms with Gasteiger partial charge in [-0.05, 0) is 12.0 Å². The molecule has 12 heavy (non-hydrogen) atoms. The van der Waals surface area contributed by atoms with E-state index < -0.39 is 16.4 Å². The molecule has 0 aliphatic heterocycles. The molecule has 0 unspecified atom stereocenters. The molecule has 0 spiro atoms. The number of aryl methyl sites for hydroxylation is 1. The van der Waals surface area contributed by atoms with Crippen LogP contribution < -0.4 is 0 Å².